The minimum absolute atomic E-state index is 0.542. The summed E-state index contributed by atoms with van der Waals surface area (Å²) in [5.74, 6) is 1.95. The predicted molar refractivity (Wildman–Crippen MR) is 69.0 cm³/mol. The third-order valence-corrected chi connectivity index (χ3v) is 3.29. The molecule has 4 nitrogen and oxygen atoms in total. The zero-order valence-corrected chi connectivity index (χ0v) is 11.1. The van der Waals surface area contributed by atoms with Gasteiger partial charge in [-0.1, -0.05) is 0 Å². The van der Waals surface area contributed by atoms with Gasteiger partial charge >= 0.3 is 0 Å². The van der Waals surface area contributed by atoms with Crippen molar-refractivity contribution in [3.63, 3.8) is 0 Å². The number of rotatable bonds is 5. The zero-order valence-electron chi connectivity index (χ0n) is 10.3. The molecule has 0 bridgehead atoms. The highest BCUT2D eigenvalue weighted by Crippen LogP contribution is 2.28. The minimum Gasteiger partial charge on any atom is -0.481 e. The van der Waals surface area contributed by atoms with Gasteiger partial charge in [-0.2, -0.15) is 4.98 Å². The van der Waals surface area contributed by atoms with E-state index in [9.17, 15) is 0 Å². The molecule has 5 heteroatoms. The van der Waals surface area contributed by atoms with E-state index in [1.54, 1.807) is 7.11 Å². The Balaban J connectivity index is 2.24. The van der Waals surface area contributed by atoms with E-state index in [1.807, 2.05) is 13.0 Å². The minimum atomic E-state index is 0.542. The number of hydrogen-bond acceptors (Lipinski definition) is 4. The zero-order chi connectivity index (χ0) is 12.3. The molecule has 94 valence electrons. The number of alkyl halides is 1. The Morgan fingerprint density at radius 1 is 1.47 bits per heavy atom. The largest absolute Gasteiger partial charge is 0.481 e. The molecule has 1 heterocycles. The SMILES string of the molecule is COc1cc(C)nc(N(CCCl)C2CCC2)n1. The normalized spacial score (nSPS) is 15.5. The van der Waals surface area contributed by atoms with Crippen LogP contribution in [0.25, 0.3) is 0 Å². The molecule has 0 radical (unpaired) electrons. The van der Waals surface area contributed by atoms with Crippen molar-refractivity contribution in [2.24, 2.45) is 0 Å². The van der Waals surface area contributed by atoms with Crippen LogP contribution in [0, 0.1) is 6.92 Å². The van der Waals surface area contributed by atoms with Gasteiger partial charge < -0.3 is 9.64 Å². The van der Waals surface area contributed by atoms with Crippen LogP contribution in [-0.4, -0.2) is 35.5 Å². The van der Waals surface area contributed by atoms with Crippen molar-refractivity contribution >= 4 is 17.5 Å². The molecule has 0 atom stereocenters. The first-order chi connectivity index (χ1) is 8.24. The Morgan fingerprint density at radius 2 is 2.24 bits per heavy atom. The monoisotopic (exact) mass is 255 g/mol. The summed E-state index contributed by atoms with van der Waals surface area (Å²) < 4.78 is 5.18. The molecule has 1 aliphatic carbocycles. The highest BCUT2D eigenvalue weighted by molar-refractivity contribution is 6.18. The summed E-state index contributed by atoms with van der Waals surface area (Å²) in [5, 5.41) is 0. The first kappa shape index (κ1) is 12.4. The molecule has 2 rings (SSSR count). The van der Waals surface area contributed by atoms with Gasteiger partial charge in [0.05, 0.1) is 7.11 Å². The fourth-order valence-corrected chi connectivity index (χ4v) is 2.17. The highest BCUT2D eigenvalue weighted by atomic mass is 35.5. The van der Waals surface area contributed by atoms with E-state index in [0.29, 0.717) is 17.8 Å². The molecule has 0 saturated heterocycles. The lowest BCUT2D eigenvalue weighted by Crippen LogP contribution is -2.42. The molecular formula is C12H18ClN3O. The van der Waals surface area contributed by atoms with Gasteiger partial charge in [-0.25, -0.2) is 4.98 Å². The van der Waals surface area contributed by atoms with Crippen LogP contribution in [0.3, 0.4) is 0 Å². The molecule has 1 aliphatic rings. The number of methoxy groups -OCH3 is 1. The average molecular weight is 256 g/mol. The summed E-state index contributed by atoms with van der Waals surface area (Å²) in [7, 11) is 1.63. The van der Waals surface area contributed by atoms with Crippen LogP contribution in [0.1, 0.15) is 25.0 Å². The van der Waals surface area contributed by atoms with Crippen LogP contribution in [0.4, 0.5) is 5.95 Å². The van der Waals surface area contributed by atoms with Gasteiger partial charge in [0.25, 0.3) is 0 Å². The number of anilines is 1. The molecule has 0 spiro atoms. The summed E-state index contributed by atoms with van der Waals surface area (Å²) >= 11 is 5.86. The van der Waals surface area contributed by atoms with E-state index >= 15 is 0 Å². The number of aromatic nitrogens is 2. The van der Waals surface area contributed by atoms with Crippen LogP contribution in [-0.2, 0) is 0 Å². The molecule has 1 saturated carbocycles. The molecule has 1 fully saturated rings. The van der Waals surface area contributed by atoms with E-state index in [4.69, 9.17) is 16.3 Å². The molecule has 1 aromatic rings. The van der Waals surface area contributed by atoms with Gasteiger partial charge in [0.2, 0.25) is 11.8 Å². The van der Waals surface area contributed by atoms with E-state index in [-0.39, 0.29) is 0 Å². The summed E-state index contributed by atoms with van der Waals surface area (Å²) in [5.41, 5.74) is 0.922. The van der Waals surface area contributed by atoms with Gasteiger partial charge in [0, 0.05) is 30.2 Å². The fraction of sp³-hybridized carbons (Fsp3) is 0.667. The smallest absolute Gasteiger partial charge is 0.229 e. The molecule has 1 aromatic heterocycles. The number of halogens is 1. The quantitative estimate of drug-likeness (QED) is 0.758. The van der Waals surface area contributed by atoms with Crippen molar-refractivity contribution in [1.82, 2.24) is 9.97 Å². The maximum Gasteiger partial charge on any atom is 0.229 e. The van der Waals surface area contributed by atoms with E-state index in [2.05, 4.69) is 14.9 Å². The van der Waals surface area contributed by atoms with Crippen LogP contribution in [0.15, 0.2) is 6.07 Å². The van der Waals surface area contributed by atoms with Crippen LogP contribution >= 0.6 is 11.6 Å². The summed E-state index contributed by atoms with van der Waals surface area (Å²) in [6.07, 6.45) is 3.69. The van der Waals surface area contributed by atoms with Crippen molar-refractivity contribution < 1.29 is 4.74 Å². The van der Waals surface area contributed by atoms with Gasteiger partial charge in [-0.15, -0.1) is 11.6 Å². The fourth-order valence-electron chi connectivity index (χ4n) is 1.99. The van der Waals surface area contributed by atoms with Crippen molar-refractivity contribution in [3.05, 3.63) is 11.8 Å². The van der Waals surface area contributed by atoms with E-state index in [0.717, 1.165) is 18.2 Å². The van der Waals surface area contributed by atoms with Gasteiger partial charge in [0.15, 0.2) is 0 Å². The van der Waals surface area contributed by atoms with Crippen LogP contribution < -0.4 is 9.64 Å². The topological polar surface area (TPSA) is 38.2 Å². The lowest BCUT2D eigenvalue weighted by molar-refractivity contribution is 0.376. The summed E-state index contributed by atoms with van der Waals surface area (Å²) in [6, 6.07) is 2.38. The standard InChI is InChI=1S/C12H18ClN3O/c1-9-8-11(17-2)15-12(14-9)16(7-6-13)10-4-3-5-10/h8,10H,3-7H2,1-2H3. The number of ether oxygens (including phenoxy) is 1. The number of aryl methyl sites for hydroxylation is 1. The van der Waals surface area contributed by atoms with Crippen molar-refractivity contribution in [2.45, 2.75) is 32.2 Å². The predicted octanol–water partition coefficient (Wildman–Crippen LogP) is 2.39. The van der Waals surface area contributed by atoms with Crippen molar-refractivity contribution in [1.29, 1.82) is 0 Å². The Kier molecular flexibility index (Phi) is 4.05. The molecule has 0 unspecified atom stereocenters. The van der Waals surface area contributed by atoms with Crippen LogP contribution in [0.2, 0.25) is 0 Å². The average Bonchev–Trinajstić information content (AvgIpc) is 2.25. The summed E-state index contributed by atoms with van der Waals surface area (Å²) in [4.78, 5) is 11.1. The maximum atomic E-state index is 5.86. The number of nitrogens with zero attached hydrogens (tertiary/aromatic N) is 3. The first-order valence-electron chi connectivity index (χ1n) is 5.97. The third-order valence-electron chi connectivity index (χ3n) is 3.13. The molecule has 0 amide bonds. The van der Waals surface area contributed by atoms with E-state index in [1.165, 1.54) is 19.3 Å². The first-order valence-corrected chi connectivity index (χ1v) is 6.50. The second-order valence-corrected chi connectivity index (χ2v) is 4.70. The maximum absolute atomic E-state index is 5.86. The molecule has 0 aromatic carbocycles. The summed E-state index contributed by atoms with van der Waals surface area (Å²) in [6.45, 7) is 2.74. The highest BCUT2D eigenvalue weighted by Gasteiger charge is 2.26. The van der Waals surface area contributed by atoms with Crippen molar-refractivity contribution in [2.75, 3.05) is 24.4 Å². The lowest BCUT2D eigenvalue weighted by atomic mass is 9.92. The van der Waals surface area contributed by atoms with Crippen LogP contribution in [0.5, 0.6) is 5.88 Å². The Morgan fingerprint density at radius 3 is 2.76 bits per heavy atom. The van der Waals surface area contributed by atoms with Crippen molar-refractivity contribution in [3.8, 4) is 5.88 Å². The van der Waals surface area contributed by atoms with E-state index < -0.39 is 0 Å². The molecule has 0 N–H and O–H groups in total. The molecule has 0 aliphatic heterocycles. The molecular weight excluding hydrogens is 238 g/mol. The second-order valence-electron chi connectivity index (χ2n) is 4.32. The molecule has 17 heavy (non-hydrogen) atoms. The van der Waals surface area contributed by atoms with Gasteiger partial charge in [-0.3, -0.25) is 0 Å². The Bertz CT molecular complexity index is 382. The Hall–Kier alpha value is -1.03. The second kappa shape index (κ2) is 5.54. The van der Waals surface area contributed by atoms with Gasteiger partial charge in [-0.05, 0) is 26.2 Å². The Labute approximate surface area is 107 Å². The lowest BCUT2D eigenvalue weighted by Gasteiger charge is -2.37. The van der Waals surface area contributed by atoms with Gasteiger partial charge in [0.1, 0.15) is 0 Å². The number of hydrogen-bond donors (Lipinski definition) is 0. The third kappa shape index (κ3) is 2.80.